The van der Waals surface area contributed by atoms with E-state index in [9.17, 15) is 8.42 Å². The third-order valence-corrected chi connectivity index (χ3v) is 4.66. The van der Waals surface area contributed by atoms with Gasteiger partial charge in [-0.25, -0.2) is 13.4 Å². The molecular weight excluding hydrogens is 330 g/mol. The topological polar surface area (TPSA) is 89.6 Å². The van der Waals surface area contributed by atoms with Gasteiger partial charge in [0.1, 0.15) is 5.82 Å². The molecule has 0 aliphatic rings. The fourth-order valence-electron chi connectivity index (χ4n) is 2.09. The highest BCUT2D eigenvalue weighted by molar-refractivity contribution is 7.92. The van der Waals surface area contributed by atoms with E-state index in [1.807, 2.05) is 13.0 Å². The summed E-state index contributed by atoms with van der Waals surface area (Å²) in [5, 5.41) is 3.12. The number of nitrogens with one attached hydrogen (secondary N) is 2. The number of anilines is 3. The van der Waals surface area contributed by atoms with Crippen molar-refractivity contribution >= 4 is 27.2 Å². The second-order valence-corrected chi connectivity index (χ2v) is 6.89. The van der Waals surface area contributed by atoms with Gasteiger partial charge < -0.3 is 14.8 Å². The molecular formula is C16H21N3O4S. The first-order valence-corrected chi connectivity index (χ1v) is 9.08. The SMILES string of the molecule is CCCS(=O)(=O)Nc1ccc(Nc2ccc(OC)c(OC)c2)nc1. The quantitative estimate of drug-likeness (QED) is 0.760. The molecule has 0 bridgehead atoms. The zero-order valence-corrected chi connectivity index (χ0v) is 14.7. The molecule has 0 radical (unpaired) electrons. The average Bonchev–Trinajstić information content (AvgIpc) is 2.56. The van der Waals surface area contributed by atoms with Gasteiger partial charge in [-0.15, -0.1) is 0 Å². The standard InChI is InChI=1S/C16H21N3O4S/c1-4-9-24(20,21)19-13-6-8-16(17-11-13)18-12-5-7-14(22-2)15(10-12)23-3/h5-8,10-11,19H,4,9H2,1-3H3,(H,17,18). The Hall–Kier alpha value is -2.48. The Bertz CT molecular complexity index is 776. The minimum Gasteiger partial charge on any atom is -0.493 e. The lowest BCUT2D eigenvalue weighted by atomic mass is 10.2. The second kappa shape index (κ2) is 7.87. The highest BCUT2D eigenvalue weighted by Gasteiger charge is 2.09. The molecule has 130 valence electrons. The number of rotatable bonds is 8. The maximum Gasteiger partial charge on any atom is 0.232 e. The van der Waals surface area contributed by atoms with E-state index < -0.39 is 10.0 Å². The number of nitrogens with zero attached hydrogens (tertiary/aromatic N) is 1. The fourth-order valence-corrected chi connectivity index (χ4v) is 3.21. The van der Waals surface area contributed by atoms with Crippen LogP contribution in [0.4, 0.5) is 17.2 Å². The van der Waals surface area contributed by atoms with Crippen LogP contribution in [0.5, 0.6) is 11.5 Å². The van der Waals surface area contributed by atoms with E-state index in [0.717, 1.165) is 5.69 Å². The molecule has 8 heteroatoms. The monoisotopic (exact) mass is 351 g/mol. The van der Waals surface area contributed by atoms with Crippen LogP contribution in [0.15, 0.2) is 36.5 Å². The predicted octanol–water partition coefficient (Wildman–Crippen LogP) is 2.99. The van der Waals surface area contributed by atoms with Crippen molar-refractivity contribution in [2.24, 2.45) is 0 Å². The number of ether oxygens (including phenoxy) is 2. The summed E-state index contributed by atoms with van der Waals surface area (Å²) in [6, 6.07) is 8.76. The first-order chi connectivity index (χ1) is 11.5. The molecule has 0 aliphatic carbocycles. The molecule has 1 aromatic heterocycles. The smallest absolute Gasteiger partial charge is 0.232 e. The number of aromatic nitrogens is 1. The Labute approximate surface area is 142 Å². The van der Waals surface area contributed by atoms with Gasteiger partial charge in [-0.3, -0.25) is 4.72 Å². The van der Waals surface area contributed by atoms with E-state index in [2.05, 4.69) is 15.0 Å². The van der Waals surface area contributed by atoms with Gasteiger partial charge in [-0.1, -0.05) is 6.92 Å². The summed E-state index contributed by atoms with van der Waals surface area (Å²) in [6.45, 7) is 1.81. The molecule has 2 rings (SSSR count). The summed E-state index contributed by atoms with van der Waals surface area (Å²) in [7, 11) is -0.173. The van der Waals surface area contributed by atoms with Crippen LogP contribution in [0.3, 0.4) is 0 Å². The van der Waals surface area contributed by atoms with Crippen LogP contribution in [-0.2, 0) is 10.0 Å². The second-order valence-electron chi connectivity index (χ2n) is 5.05. The number of benzene rings is 1. The maximum absolute atomic E-state index is 11.7. The van der Waals surface area contributed by atoms with Gasteiger partial charge in [0.25, 0.3) is 0 Å². The predicted molar refractivity (Wildman–Crippen MR) is 94.8 cm³/mol. The van der Waals surface area contributed by atoms with Crippen LogP contribution in [0, 0.1) is 0 Å². The van der Waals surface area contributed by atoms with Crippen molar-refractivity contribution in [1.82, 2.24) is 4.98 Å². The van der Waals surface area contributed by atoms with Gasteiger partial charge in [-0.05, 0) is 30.7 Å². The summed E-state index contributed by atoms with van der Waals surface area (Å²) in [6.07, 6.45) is 2.03. The van der Waals surface area contributed by atoms with Gasteiger partial charge in [0.2, 0.25) is 10.0 Å². The fraction of sp³-hybridized carbons (Fsp3) is 0.312. The number of hydrogen-bond acceptors (Lipinski definition) is 6. The number of methoxy groups -OCH3 is 2. The summed E-state index contributed by atoms with van der Waals surface area (Å²) in [5.74, 6) is 1.90. The molecule has 1 aromatic carbocycles. The normalized spacial score (nSPS) is 11.0. The first kappa shape index (κ1) is 17.9. The molecule has 0 fully saturated rings. The van der Waals surface area contributed by atoms with E-state index in [4.69, 9.17) is 9.47 Å². The average molecular weight is 351 g/mol. The molecule has 1 heterocycles. The Morgan fingerprint density at radius 3 is 2.33 bits per heavy atom. The largest absolute Gasteiger partial charge is 0.493 e. The van der Waals surface area contributed by atoms with Gasteiger partial charge in [0.05, 0.1) is 31.9 Å². The van der Waals surface area contributed by atoms with E-state index in [1.165, 1.54) is 6.20 Å². The Morgan fingerprint density at radius 1 is 1.04 bits per heavy atom. The maximum atomic E-state index is 11.7. The summed E-state index contributed by atoms with van der Waals surface area (Å²) < 4.78 is 36.4. The minimum atomic E-state index is -3.31. The molecule has 24 heavy (non-hydrogen) atoms. The van der Waals surface area contributed by atoms with Gasteiger partial charge in [-0.2, -0.15) is 0 Å². The lowest BCUT2D eigenvalue weighted by Crippen LogP contribution is -2.16. The third-order valence-electron chi connectivity index (χ3n) is 3.17. The van der Waals surface area contributed by atoms with Crippen molar-refractivity contribution in [2.75, 3.05) is 30.0 Å². The van der Waals surface area contributed by atoms with E-state index in [-0.39, 0.29) is 5.75 Å². The van der Waals surface area contributed by atoms with Crippen molar-refractivity contribution in [3.05, 3.63) is 36.5 Å². The van der Waals surface area contributed by atoms with E-state index in [0.29, 0.717) is 29.4 Å². The third kappa shape index (κ3) is 4.76. The summed E-state index contributed by atoms with van der Waals surface area (Å²) in [4.78, 5) is 4.21. The van der Waals surface area contributed by atoms with E-state index in [1.54, 1.807) is 38.5 Å². The summed E-state index contributed by atoms with van der Waals surface area (Å²) in [5.41, 5.74) is 1.21. The molecule has 0 aliphatic heterocycles. The molecule has 0 atom stereocenters. The van der Waals surface area contributed by atoms with Crippen molar-refractivity contribution < 1.29 is 17.9 Å². The van der Waals surface area contributed by atoms with Gasteiger partial charge in [0.15, 0.2) is 11.5 Å². The Balaban J connectivity index is 2.09. The molecule has 0 saturated heterocycles. The molecule has 0 amide bonds. The molecule has 0 saturated carbocycles. The lowest BCUT2D eigenvalue weighted by Gasteiger charge is -2.11. The zero-order valence-electron chi connectivity index (χ0n) is 13.9. The van der Waals surface area contributed by atoms with Crippen molar-refractivity contribution in [2.45, 2.75) is 13.3 Å². The molecule has 7 nitrogen and oxygen atoms in total. The van der Waals surface area contributed by atoms with Gasteiger partial charge >= 0.3 is 0 Å². The zero-order chi connectivity index (χ0) is 17.6. The molecule has 0 spiro atoms. The first-order valence-electron chi connectivity index (χ1n) is 7.43. The van der Waals surface area contributed by atoms with Crippen LogP contribution in [0.25, 0.3) is 0 Å². The molecule has 2 N–H and O–H groups in total. The molecule has 0 unspecified atom stereocenters. The molecule has 2 aromatic rings. The van der Waals surface area contributed by atoms with Crippen LogP contribution >= 0.6 is 0 Å². The Kier molecular flexibility index (Phi) is 5.86. The van der Waals surface area contributed by atoms with Crippen LogP contribution in [0.1, 0.15) is 13.3 Å². The number of pyridine rings is 1. The minimum absolute atomic E-state index is 0.0820. The summed E-state index contributed by atoms with van der Waals surface area (Å²) >= 11 is 0. The van der Waals surface area contributed by atoms with Crippen molar-refractivity contribution in [3.63, 3.8) is 0 Å². The van der Waals surface area contributed by atoms with E-state index >= 15 is 0 Å². The van der Waals surface area contributed by atoms with Crippen LogP contribution in [0.2, 0.25) is 0 Å². The highest BCUT2D eigenvalue weighted by Crippen LogP contribution is 2.30. The van der Waals surface area contributed by atoms with Gasteiger partial charge in [0, 0.05) is 11.8 Å². The Morgan fingerprint density at radius 2 is 1.75 bits per heavy atom. The number of sulfonamides is 1. The van der Waals surface area contributed by atoms with Crippen LogP contribution < -0.4 is 19.5 Å². The highest BCUT2D eigenvalue weighted by atomic mass is 32.2. The van der Waals surface area contributed by atoms with Crippen LogP contribution in [-0.4, -0.2) is 33.4 Å². The van der Waals surface area contributed by atoms with Crippen molar-refractivity contribution in [1.29, 1.82) is 0 Å². The van der Waals surface area contributed by atoms with Crippen molar-refractivity contribution in [3.8, 4) is 11.5 Å². The number of hydrogen-bond donors (Lipinski definition) is 2. The lowest BCUT2D eigenvalue weighted by molar-refractivity contribution is 0.355.